The first-order valence-corrected chi connectivity index (χ1v) is 9.37. The molecule has 0 bridgehead atoms. The summed E-state index contributed by atoms with van der Waals surface area (Å²) in [5.41, 5.74) is 2.38. The summed E-state index contributed by atoms with van der Waals surface area (Å²) in [6.45, 7) is 7.47. The van der Waals surface area contributed by atoms with Crippen molar-refractivity contribution in [2.75, 3.05) is 36.5 Å². The van der Waals surface area contributed by atoms with Crippen LogP contribution in [-0.4, -0.2) is 42.1 Å². The fourth-order valence-electron chi connectivity index (χ4n) is 3.66. The summed E-state index contributed by atoms with van der Waals surface area (Å²) >= 11 is 0. The number of hydrogen-bond acceptors (Lipinski definition) is 6. The van der Waals surface area contributed by atoms with Gasteiger partial charge in [0.15, 0.2) is 5.79 Å². The van der Waals surface area contributed by atoms with Crippen LogP contribution in [0, 0.1) is 0 Å². The van der Waals surface area contributed by atoms with Gasteiger partial charge in [-0.3, -0.25) is 0 Å². The number of benzene rings is 1. The number of anilines is 3. The molecular weight excluding hydrogens is 328 g/mol. The maximum atomic E-state index is 5.80. The first-order valence-electron chi connectivity index (χ1n) is 9.37. The molecule has 1 N–H and O–H groups in total. The lowest BCUT2D eigenvalue weighted by molar-refractivity contribution is -0.169. The maximum Gasteiger partial charge on any atom is 0.227 e. The van der Waals surface area contributed by atoms with Gasteiger partial charge < -0.3 is 19.7 Å². The highest BCUT2D eigenvalue weighted by molar-refractivity contribution is 5.62. The van der Waals surface area contributed by atoms with E-state index >= 15 is 0 Å². The number of nitrogens with zero attached hydrogens (tertiary/aromatic N) is 3. The van der Waals surface area contributed by atoms with Crippen molar-refractivity contribution in [1.82, 2.24) is 9.97 Å². The first-order chi connectivity index (χ1) is 12.7. The van der Waals surface area contributed by atoms with Gasteiger partial charge in [-0.1, -0.05) is 32.0 Å². The molecule has 0 radical (unpaired) electrons. The van der Waals surface area contributed by atoms with Crippen LogP contribution in [-0.2, 0) is 9.47 Å². The van der Waals surface area contributed by atoms with Crippen LogP contribution >= 0.6 is 0 Å². The van der Waals surface area contributed by atoms with Crippen molar-refractivity contribution in [3.05, 3.63) is 42.1 Å². The molecule has 2 fully saturated rings. The van der Waals surface area contributed by atoms with E-state index in [0.717, 1.165) is 43.4 Å². The van der Waals surface area contributed by atoms with Crippen LogP contribution in [0.3, 0.4) is 0 Å². The molecule has 26 heavy (non-hydrogen) atoms. The highest BCUT2D eigenvalue weighted by Crippen LogP contribution is 2.33. The zero-order valence-corrected chi connectivity index (χ0v) is 15.4. The molecular formula is C20H26N4O2. The van der Waals surface area contributed by atoms with Crippen LogP contribution in [0.5, 0.6) is 0 Å². The lowest BCUT2D eigenvalue weighted by Crippen LogP contribution is -2.45. The molecule has 0 saturated carbocycles. The molecule has 4 rings (SSSR count). The van der Waals surface area contributed by atoms with Gasteiger partial charge in [0.2, 0.25) is 5.95 Å². The number of hydrogen-bond donors (Lipinski definition) is 1. The summed E-state index contributed by atoms with van der Waals surface area (Å²) in [7, 11) is 0. The molecule has 1 spiro atoms. The molecule has 2 saturated heterocycles. The Morgan fingerprint density at radius 3 is 2.54 bits per heavy atom. The number of piperidine rings is 1. The number of nitrogens with one attached hydrogen (secondary N) is 1. The van der Waals surface area contributed by atoms with E-state index in [4.69, 9.17) is 14.5 Å². The Morgan fingerprint density at radius 1 is 1.08 bits per heavy atom. The SMILES string of the molecule is CC(C)c1ccccc1Nc1ccnc(N2CCC3(CC2)OCCO3)n1. The normalized spacial score (nSPS) is 19.3. The maximum absolute atomic E-state index is 5.80. The van der Waals surface area contributed by atoms with E-state index in [0.29, 0.717) is 19.1 Å². The monoisotopic (exact) mass is 354 g/mol. The Hall–Kier alpha value is -2.18. The number of ether oxygens (including phenoxy) is 2. The smallest absolute Gasteiger partial charge is 0.227 e. The minimum Gasteiger partial charge on any atom is -0.347 e. The van der Waals surface area contributed by atoms with E-state index < -0.39 is 0 Å². The van der Waals surface area contributed by atoms with Crippen LogP contribution in [0.2, 0.25) is 0 Å². The van der Waals surface area contributed by atoms with E-state index in [1.165, 1.54) is 5.56 Å². The van der Waals surface area contributed by atoms with Crippen LogP contribution in [0.4, 0.5) is 17.5 Å². The first kappa shape index (κ1) is 17.2. The third kappa shape index (κ3) is 3.52. The van der Waals surface area contributed by atoms with Gasteiger partial charge in [0, 0.05) is 37.8 Å². The Balaban J connectivity index is 1.48. The molecule has 2 aliphatic rings. The second-order valence-electron chi connectivity index (χ2n) is 7.20. The summed E-state index contributed by atoms with van der Waals surface area (Å²) in [4.78, 5) is 11.4. The van der Waals surface area contributed by atoms with E-state index in [-0.39, 0.29) is 5.79 Å². The zero-order valence-electron chi connectivity index (χ0n) is 15.4. The van der Waals surface area contributed by atoms with Crippen LogP contribution in [0.1, 0.15) is 38.2 Å². The molecule has 2 aliphatic heterocycles. The number of aromatic nitrogens is 2. The fraction of sp³-hybridized carbons (Fsp3) is 0.500. The standard InChI is InChI=1S/C20H26N4O2/c1-15(2)16-5-3-4-6-17(16)22-18-7-10-21-19(23-18)24-11-8-20(9-12-24)25-13-14-26-20/h3-7,10,15H,8-9,11-14H2,1-2H3,(H,21,22,23). The summed E-state index contributed by atoms with van der Waals surface area (Å²) < 4.78 is 11.6. The number of rotatable bonds is 4. The van der Waals surface area contributed by atoms with Gasteiger partial charge in [-0.2, -0.15) is 4.98 Å². The van der Waals surface area contributed by atoms with Gasteiger partial charge in [0.05, 0.1) is 13.2 Å². The molecule has 2 aromatic rings. The zero-order chi connectivity index (χ0) is 18.0. The van der Waals surface area contributed by atoms with E-state index in [1.807, 2.05) is 18.3 Å². The molecule has 0 unspecified atom stereocenters. The van der Waals surface area contributed by atoms with Crippen LogP contribution in [0.15, 0.2) is 36.5 Å². The fourth-order valence-corrected chi connectivity index (χ4v) is 3.66. The summed E-state index contributed by atoms with van der Waals surface area (Å²) in [5, 5.41) is 3.45. The third-order valence-electron chi connectivity index (χ3n) is 5.11. The van der Waals surface area contributed by atoms with Gasteiger partial charge in [0.25, 0.3) is 0 Å². The van der Waals surface area contributed by atoms with Gasteiger partial charge in [-0.05, 0) is 23.6 Å². The molecule has 1 aromatic carbocycles. The molecule has 3 heterocycles. The average Bonchev–Trinajstić information content (AvgIpc) is 3.11. The van der Waals surface area contributed by atoms with Crippen molar-refractivity contribution < 1.29 is 9.47 Å². The molecule has 0 aliphatic carbocycles. The molecule has 0 atom stereocenters. The average molecular weight is 354 g/mol. The molecule has 138 valence electrons. The lowest BCUT2D eigenvalue weighted by atomic mass is 10.0. The second kappa shape index (κ2) is 7.21. The lowest BCUT2D eigenvalue weighted by Gasteiger charge is -2.37. The van der Waals surface area contributed by atoms with Crippen molar-refractivity contribution in [3.63, 3.8) is 0 Å². The van der Waals surface area contributed by atoms with Gasteiger partial charge in [-0.25, -0.2) is 4.98 Å². The predicted molar refractivity (Wildman–Crippen MR) is 102 cm³/mol. The number of para-hydroxylation sites is 1. The minimum atomic E-state index is -0.372. The Bertz CT molecular complexity index is 749. The van der Waals surface area contributed by atoms with Crippen molar-refractivity contribution in [2.24, 2.45) is 0 Å². The highest BCUT2D eigenvalue weighted by atomic mass is 16.7. The largest absolute Gasteiger partial charge is 0.347 e. The molecule has 0 amide bonds. The molecule has 6 nitrogen and oxygen atoms in total. The van der Waals surface area contributed by atoms with Gasteiger partial charge >= 0.3 is 0 Å². The summed E-state index contributed by atoms with van der Waals surface area (Å²) in [5.74, 6) is 1.65. The summed E-state index contributed by atoms with van der Waals surface area (Å²) in [6, 6.07) is 10.3. The van der Waals surface area contributed by atoms with Gasteiger partial charge in [-0.15, -0.1) is 0 Å². The van der Waals surface area contributed by atoms with E-state index in [9.17, 15) is 0 Å². The quantitative estimate of drug-likeness (QED) is 0.904. The molecule has 6 heteroatoms. The third-order valence-corrected chi connectivity index (χ3v) is 5.11. The topological polar surface area (TPSA) is 59.5 Å². The van der Waals surface area contributed by atoms with Crippen molar-refractivity contribution in [2.45, 2.75) is 38.4 Å². The summed E-state index contributed by atoms with van der Waals surface area (Å²) in [6.07, 6.45) is 3.52. The second-order valence-corrected chi connectivity index (χ2v) is 7.20. The predicted octanol–water partition coefficient (Wildman–Crippen LogP) is 3.69. The Morgan fingerprint density at radius 2 is 1.81 bits per heavy atom. The Labute approximate surface area is 154 Å². The van der Waals surface area contributed by atoms with Crippen LogP contribution < -0.4 is 10.2 Å². The van der Waals surface area contributed by atoms with Crippen molar-refractivity contribution in [3.8, 4) is 0 Å². The highest BCUT2D eigenvalue weighted by Gasteiger charge is 2.40. The molecule has 1 aromatic heterocycles. The van der Waals surface area contributed by atoms with Crippen LogP contribution in [0.25, 0.3) is 0 Å². The van der Waals surface area contributed by atoms with Gasteiger partial charge in [0.1, 0.15) is 5.82 Å². The van der Waals surface area contributed by atoms with Crippen molar-refractivity contribution >= 4 is 17.5 Å². The van der Waals surface area contributed by atoms with E-state index in [1.54, 1.807) is 0 Å². The Kier molecular flexibility index (Phi) is 4.78. The van der Waals surface area contributed by atoms with E-state index in [2.05, 4.69) is 47.2 Å². The van der Waals surface area contributed by atoms with Crippen molar-refractivity contribution in [1.29, 1.82) is 0 Å². The minimum absolute atomic E-state index is 0.372.